The Morgan fingerprint density at radius 2 is 2.50 bits per heavy atom. The van der Waals surface area contributed by atoms with Crippen LogP contribution in [0.2, 0.25) is 0 Å². The van der Waals surface area contributed by atoms with Gasteiger partial charge in [-0.15, -0.1) is 0 Å². The molecule has 0 fully saturated rings. The Kier molecular flexibility index (Phi) is 2.56. The molecule has 1 N–H and O–H groups in total. The number of nitriles is 1. The van der Waals surface area contributed by atoms with Gasteiger partial charge in [0.05, 0.1) is 19.6 Å². The molecule has 2 rings (SSSR count). The smallest absolute Gasteiger partial charge is 0.354 e. The summed E-state index contributed by atoms with van der Waals surface area (Å²) in [7, 11) is 1.30. The molecule has 0 radical (unpaired) electrons. The van der Waals surface area contributed by atoms with Crippen LogP contribution in [0.25, 0.3) is 11.0 Å². The van der Waals surface area contributed by atoms with E-state index in [1.807, 2.05) is 12.1 Å². The lowest BCUT2D eigenvalue weighted by molar-refractivity contribution is 0.0594. The minimum absolute atomic E-state index is 0.149. The van der Waals surface area contributed by atoms with Crippen LogP contribution in [0.4, 0.5) is 0 Å². The molecule has 0 bridgehead atoms. The zero-order chi connectivity index (χ0) is 11.5. The summed E-state index contributed by atoms with van der Waals surface area (Å²) in [6.45, 7) is 0. The normalized spacial score (nSPS) is 10.0. The van der Waals surface area contributed by atoms with Gasteiger partial charge in [0, 0.05) is 17.1 Å². The molecule has 16 heavy (non-hydrogen) atoms. The Morgan fingerprint density at radius 1 is 1.69 bits per heavy atom. The summed E-state index contributed by atoms with van der Waals surface area (Å²) in [6, 6.07) is 5.61. The monoisotopic (exact) mass is 215 g/mol. The van der Waals surface area contributed by atoms with Gasteiger partial charge in [-0.25, -0.2) is 9.78 Å². The maximum absolute atomic E-state index is 11.5. The molecule has 0 aromatic carbocycles. The molecule has 0 unspecified atom stereocenters. The summed E-state index contributed by atoms with van der Waals surface area (Å²) < 4.78 is 4.65. The highest BCUT2D eigenvalue weighted by molar-refractivity contribution is 5.97. The van der Waals surface area contributed by atoms with E-state index >= 15 is 0 Å². The molecule has 2 aromatic rings. The van der Waals surface area contributed by atoms with Crippen LogP contribution in [0.15, 0.2) is 18.3 Å². The van der Waals surface area contributed by atoms with E-state index < -0.39 is 5.97 Å². The lowest BCUT2D eigenvalue weighted by Crippen LogP contribution is -2.04. The van der Waals surface area contributed by atoms with Gasteiger partial charge in [0.2, 0.25) is 0 Å². The first-order chi connectivity index (χ1) is 7.77. The van der Waals surface area contributed by atoms with Gasteiger partial charge in [-0.05, 0) is 12.1 Å². The predicted molar refractivity (Wildman–Crippen MR) is 56.8 cm³/mol. The van der Waals surface area contributed by atoms with Crippen LogP contribution < -0.4 is 0 Å². The second-order valence-electron chi connectivity index (χ2n) is 3.20. The van der Waals surface area contributed by atoms with E-state index in [4.69, 9.17) is 5.26 Å². The fraction of sp³-hybridized carbons (Fsp3) is 0.182. The number of H-pyrrole nitrogens is 1. The largest absolute Gasteiger partial charge is 0.464 e. The van der Waals surface area contributed by atoms with Gasteiger partial charge in [0.1, 0.15) is 11.3 Å². The summed E-state index contributed by atoms with van der Waals surface area (Å²) >= 11 is 0. The Balaban J connectivity index is 2.68. The van der Waals surface area contributed by atoms with Crippen LogP contribution in [-0.2, 0) is 11.2 Å². The molecule has 2 heterocycles. The Bertz CT molecular complexity index is 580. The lowest BCUT2D eigenvalue weighted by atomic mass is 10.1. The fourth-order valence-corrected chi connectivity index (χ4v) is 1.62. The first-order valence-electron chi connectivity index (χ1n) is 4.68. The number of nitrogens with zero attached hydrogens (tertiary/aromatic N) is 2. The molecule has 5 heteroatoms. The van der Waals surface area contributed by atoms with Gasteiger partial charge < -0.3 is 9.72 Å². The topological polar surface area (TPSA) is 78.8 Å². The molecular formula is C11H9N3O2. The average Bonchev–Trinajstić information content (AvgIpc) is 2.68. The highest BCUT2D eigenvalue weighted by atomic mass is 16.5. The van der Waals surface area contributed by atoms with E-state index in [-0.39, 0.29) is 6.42 Å². The summed E-state index contributed by atoms with van der Waals surface area (Å²) in [5, 5.41) is 9.52. The zero-order valence-corrected chi connectivity index (χ0v) is 8.65. The zero-order valence-electron chi connectivity index (χ0n) is 8.65. The van der Waals surface area contributed by atoms with Crippen molar-refractivity contribution in [3.05, 3.63) is 29.6 Å². The second kappa shape index (κ2) is 4.03. The van der Waals surface area contributed by atoms with Gasteiger partial charge in [-0.2, -0.15) is 5.26 Å². The number of rotatable bonds is 2. The molecule has 2 aromatic heterocycles. The molecule has 0 aliphatic heterocycles. The maximum atomic E-state index is 11.5. The first kappa shape index (κ1) is 10.2. The molecular weight excluding hydrogens is 206 g/mol. The minimum atomic E-state index is -0.483. The van der Waals surface area contributed by atoms with Crippen LogP contribution in [0.5, 0.6) is 0 Å². The van der Waals surface area contributed by atoms with E-state index in [9.17, 15) is 4.79 Å². The molecule has 0 saturated heterocycles. The van der Waals surface area contributed by atoms with Crippen LogP contribution in [-0.4, -0.2) is 23.0 Å². The highest BCUT2D eigenvalue weighted by Gasteiger charge is 2.18. The number of hydrogen-bond donors (Lipinski definition) is 1. The summed E-state index contributed by atoms with van der Waals surface area (Å²) in [4.78, 5) is 18.4. The van der Waals surface area contributed by atoms with Gasteiger partial charge in [0.15, 0.2) is 0 Å². The van der Waals surface area contributed by atoms with E-state index in [0.717, 1.165) is 5.39 Å². The van der Waals surface area contributed by atoms with Crippen molar-refractivity contribution in [2.24, 2.45) is 0 Å². The fourth-order valence-electron chi connectivity index (χ4n) is 1.62. The average molecular weight is 215 g/mol. The van der Waals surface area contributed by atoms with Gasteiger partial charge in [-0.1, -0.05) is 0 Å². The Labute approximate surface area is 91.7 Å². The lowest BCUT2D eigenvalue weighted by Gasteiger charge is -1.97. The number of nitrogens with one attached hydrogen (secondary N) is 1. The number of hydrogen-bond acceptors (Lipinski definition) is 4. The highest BCUT2D eigenvalue weighted by Crippen LogP contribution is 2.21. The van der Waals surface area contributed by atoms with E-state index in [1.54, 1.807) is 12.3 Å². The standard InChI is InChI=1S/C11H9N3O2/c1-16-11(15)9-7(4-5-12)8-3-2-6-13-10(8)14-9/h2-3,6H,4H2,1H3,(H,13,14). The third kappa shape index (κ3) is 1.50. The molecule has 0 aliphatic rings. The van der Waals surface area contributed by atoms with Crippen molar-refractivity contribution in [3.8, 4) is 6.07 Å². The number of ether oxygens (including phenoxy) is 1. The van der Waals surface area contributed by atoms with E-state index in [2.05, 4.69) is 14.7 Å². The van der Waals surface area contributed by atoms with Crippen molar-refractivity contribution in [3.63, 3.8) is 0 Å². The van der Waals surface area contributed by atoms with Gasteiger partial charge in [-0.3, -0.25) is 0 Å². The Morgan fingerprint density at radius 3 is 3.19 bits per heavy atom. The van der Waals surface area contributed by atoms with Crippen LogP contribution >= 0.6 is 0 Å². The molecule has 0 spiro atoms. The molecule has 80 valence electrons. The maximum Gasteiger partial charge on any atom is 0.354 e. The van der Waals surface area contributed by atoms with Crippen molar-refractivity contribution >= 4 is 17.0 Å². The van der Waals surface area contributed by atoms with Crippen LogP contribution in [0.3, 0.4) is 0 Å². The third-order valence-electron chi connectivity index (χ3n) is 2.32. The second-order valence-corrected chi connectivity index (χ2v) is 3.20. The van der Waals surface area contributed by atoms with Crippen molar-refractivity contribution < 1.29 is 9.53 Å². The number of methoxy groups -OCH3 is 1. The van der Waals surface area contributed by atoms with Gasteiger partial charge in [0.25, 0.3) is 0 Å². The minimum Gasteiger partial charge on any atom is -0.464 e. The summed E-state index contributed by atoms with van der Waals surface area (Å²) in [5.41, 5.74) is 1.53. The van der Waals surface area contributed by atoms with Crippen LogP contribution in [0, 0.1) is 11.3 Å². The number of carbonyl (C=O) groups excluding carboxylic acids is 1. The van der Waals surface area contributed by atoms with Crippen molar-refractivity contribution in [1.82, 2.24) is 9.97 Å². The number of pyridine rings is 1. The number of fused-ring (bicyclic) bond motifs is 1. The summed E-state index contributed by atoms with van der Waals surface area (Å²) in [5.74, 6) is -0.483. The summed E-state index contributed by atoms with van der Waals surface area (Å²) in [6.07, 6.45) is 1.77. The molecule has 0 aliphatic carbocycles. The molecule has 0 amide bonds. The van der Waals surface area contributed by atoms with E-state index in [0.29, 0.717) is 16.9 Å². The van der Waals surface area contributed by atoms with Crippen LogP contribution in [0.1, 0.15) is 16.1 Å². The Hall–Kier alpha value is -2.35. The van der Waals surface area contributed by atoms with E-state index in [1.165, 1.54) is 7.11 Å². The van der Waals surface area contributed by atoms with Crippen molar-refractivity contribution in [2.45, 2.75) is 6.42 Å². The van der Waals surface area contributed by atoms with Gasteiger partial charge >= 0.3 is 5.97 Å². The van der Waals surface area contributed by atoms with Crippen molar-refractivity contribution in [2.75, 3.05) is 7.11 Å². The molecule has 0 atom stereocenters. The van der Waals surface area contributed by atoms with Crippen molar-refractivity contribution in [1.29, 1.82) is 5.26 Å². The number of carbonyl (C=O) groups is 1. The number of aromatic nitrogens is 2. The number of aromatic amines is 1. The number of esters is 1. The first-order valence-corrected chi connectivity index (χ1v) is 4.68. The quantitative estimate of drug-likeness (QED) is 0.768. The molecule has 0 saturated carbocycles. The molecule has 5 nitrogen and oxygen atoms in total. The SMILES string of the molecule is COC(=O)c1[nH]c2ncccc2c1CC#N. The predicted octanol–water partition coefficient (Wildman–Crippen LogP) is 1.42. The third-order valence-corrected chi connectivity index (χ3v) is 2.32.